The molecule has 0 fully saturated rings. The quantitative estimate of drug-likeness (QED) is 0.840. The number of carboxylic acids is 1. The lowest BCUT2D eigenvalue weighted by Gasteiger charge is -2.01. The van der Waals surface area contributed by atoms with Crippen LogP contribution in [0.1, 0.15) is 10.6 Å². The van der Waals surface area contributed by atoms with Crippen LogP contribution in [0.2, 0.25) is 0 Å². The van der Waals surface area contributed by atoms with Gasteiger partial charge in [-0.05, 0) is 12.1 Å². The van der Waals surface area contributed by atoms with E-state index in [0.29, 0.717) is 0 Å². The molecule has 0 aliphatic rings. The molecule has 2 rings (SSSR count). The first-order chi connectivity index (χ1) is 8.00. The molecule has 1 aromatic heterocycles. The number of phenolic OH excluding ortho intramolecular Hbond substituents is 1. The topological polar surface area (TPSA) is 83.6 Å². The van der Waals surface area contributed by atoms with Gasteiger partial charge in [0.25, 0.3) is 0 Å². The fourth-order valence-electron chi connectivity index (χ4n) is 1.24. The van der Waals surface area contributed by atoms with Gasteiger partial charge in [0, 0.05) is 11.6 Å². The highest BCUT2D eigenvalue weighted by Crippen LogP contribution is 2.30. The Bertz CT molecular complexity index is 594. The van der Waals surface area contributed by atoms with Crippen molar-refractivity contribution in [1.29, 1.82) is 0 Å². The first kappa shape index (κ1) is 11.1. The van der Waals surface area contributed by atoms with Crippen LogP contribution < -0.4 is 0 Å². The molecule has 2 N–H and O–H groups in total. The number of aromatic nitrogens is 1. The van der Waals surface area contributed by atoms with Crippen LogP contribution in [0.3, 0.4) is 0 Å². The van der Waals surface area contributed by atoms with Gasteiger partial charge in [0.2, 0.25) is 5.76 Å². The van der Waals surface area contributed by atoms with Crippen molar-refractivity contribution in [2.45, 2.75) is 0 Å². The summed E-state index contributed by atoms with van der Waals surface area (Å²) in [6.07, 6.45) is 0. The molecule has 0 unspecified atom stereocenters. The van der Waals surface area contributed by atoms with Gasteiger partial charge in [-0.1, -0.05) is 5.16 Å². The van der Waals surface area contributed by atoms with E-state index in [4.69, 9.17) is 10.2 Å². The largest absolute Gasteiger partial charge is 0.503 e. The summed E-state index contributed by atoms with van der Waals surface area (Å²) in [7, 11) is 0. The maximum absolute atomic E-state index is 13.4. The van der Waals surface area contributed by atoms with Gasteiger partial charge in [-0.15, -0.1) is 0 Å². The van der Waals surface area contributed by atoms with Gasteiger partial charge in [-0.2, -0.15) is 0 Å². The van der Waals surface area contributed by atoms with Gasteiger partial charge in [-0.25, -0.2) is 13.6 Å². The number of carboxylic acid groups (broad SMARTS) is 1. The first-order valence-corrected chi connectivity index (χ1v) is 4.38. The summed E-state index contributed by atoms with van der Waals surface area (Å²) < 4.78 is 30.6. The summed E-state index contributed by atoms with van der Waals surface area (Å²) in [6, 6.07) is 2.83. The van der Waals surface area contributed by atoms with E-state index < -0.39 is 29.1 Å². The van der Waals surface area contributed by atoms with Gasteiger partial charge in [0.05, 0.1) is 0 Å². The van der Waals surface area contributed by atoms with Gasteiger partial charge in [-0.3, -0.25) is 0 Å². The predicted octanol–water partition coefficient (Wildman–Crippen LogP) is 2.02. The molecule has 1 heterocycles. The molecule has 0 aliphatic heterocycles. The molecule has 1 aromatic carbocycles. The van der Waals surface area contributed by atoms with E-state index in [1.807, 2.05) is 0 Å². The van der Waals surface area contributed by atoms with Gasteiger partial charge >= 0.3 is 5.97 Å². The highest BCUT2D eigenvalue weighted by atomic mass is 19.1. The van der Waals surface area contributed by atoms with Crippen molar-refractivity contribution in [3.63, 3.8) is 0 Å². The zero-order chi connectivity index (χ0) is 12.6. The number of carbonyl (C=O) groups is 1. The number of aromatic hydroxyl groups is 1. The smallest absolute Gasteiger partial charge is 0.374 e. The molecule has 5 nitrogen and oxygen atoms in total. The molecule has 0 saturated heterocycles. The highest BCUT2D eigenvalue weighted by molar-refractivity contribution is 5.85. The Kier molecular flexibility index (Phi) is 2.51. The summed E-state index contributed by atoms with van der Waals surface area (Å²) in [5, 5.41) is 20.9. The number of aromatic carboxylic acids is 1. The van der Waals surface area contributed by atoms with Crippen molar-refractivity contribution in [3.8, 4) is 17.0 Å². The van der Waals surface area contributed by atoms with Crippen LogP contribution >= 0.6 is 0 Å². The molecule has 88 valence electrons. The molecule has 0 spiro atoms. The SMILES string of the molecule is O=C(O)c1cc(-c2ccc(F)c(O)c2F)no1. The van der Waals surface area contributed by atoms with Crippen LogP contribution in [0.25, 0.3) is 11.3 Å². The second-order valence-electron chi connectivity index (χ2n) is 3.14. The van der Waals surface area contributed by atoms with Crippen molar-refractivity contribution in [3.05, 3.63) is 35.6 Å². The van der Waals surface area contributed by atoms with Crippen molar-refractivity contribution in [2.75, 3.05) is 0 Å². The fourth-order valence-corrected chi connectivity index (χ4v) is 1.24. The van der Waals surface area contributed by atoms with Gasteiger partial charge in [0.1, 0.15) is 5.69 Å². The molecular weight excluding hydrogens is 236 g/mol. The average Bonchev–Trinajstić information content (AvgIpc) is 2.75. The van der Waals surface area contributed by atoms with Crippen LogP contribution in [-0.4, -0.2) is 21.3 Å². The molecule has 0 aliphatic carbocycles. The Morgan fingerprint density at radius 2 is 2.06 bits per heavy atom. The van der Waals surface area contributed by atoms with Crippen LogP contribution in [0, 0.1) is 11.6 Å². The average molecular weight is 241 g/mol. The second kappa shape index (κ2) is 3.85. The summed E-state index contributed by atoms with van der Waals surface area (Å²) in [6.45, 7) is 0. The van der Waals surface area contributed by atoms with E-state index >= 15 is 0 Å². The van der Waals surface area contributed by atoms with Crippen LogP contribution in [0.4, 0.5) is 8.78 Å². The molecule has 0 bridgehead atoms. The zero-order valence-corrected chi connectivity index (χ0v) is 8.15. The van der Waals surface area contributed by atoms with E-state index in [9.17, 15) is 13.6 Å². The van der Waals surface area contributed by atoms with E-state index in [1.54, 1.807) is 0 Å². The number of benzene rings is 1. The summed E-state index contributed by atoms with van der Waals surface area (Å²) >= 11 is 0. The Labute approximate surface area is 92.9 Å². The lowest BCUT2D eigenvalue weighted by atomic mass is 10.1. The van der Waals surface area contributed by atoms with Crippen LogP contribution in [0.5, 0.6) is 5.75 Å². The van der Waals surface area contributed by atoms with E-state index in [0.717, 1.165) is 18.2 Å². The lowest BCUT2D eigenvalue weighted by Crippen LogP contribution is -1.92. The molecule has 0 radical (unpaired) electrons. The Balaban J connectivity index is 2.53. The number of nitrogens with zero attached hydrogens (tertiary/aromatic N) is 1. The number of halogens is 2. The first-order valence-electron chi connectivity index (χ1n) is 4.38. The Morgan fingerprint density at radius 3 is 2.65 bits per heavy atom. The molecule has 0 saturated carbocycles. The number of rotatable bonds is 2. The number of hydrogen-bond acceptors (Lipinski definition) is 4. The predicted molar refractivity (Wildman–Crippen MR) is 50.5 cm³/mol. The Morgan fingerprint density at radius 1 is 1.35 bits per heavy atom. The molecule has 17 heavy (non-hydrogen) atoms. The minimum absolute atomic E-state index is 0.143. The Hall–Kier alpha value is -2.44. The maximum atomic E-state index is 13.4. The molecular formula is C10H5F2NO4. The number of hydrogen-bond donors (Lipinski definition) is 2. The van der Waals surface area contributed by atoms with Crippen molar-refractivity contribution in [2.24, 2.45) is 0 Å². The summed E-state index contributed by atoms with van der Waals surface area (Å²) in [5.41, 5.74) is -0.393. The van der Waals surface area contributed by atoms with Crippen LogP contribution in [-0.2, 0) is 0 Å². The molecule has 7 heteroatoms. The van der Waals surface area contributed by atoms with E-state index in [-0.39, 0.29) is 11.3 Å². The maximum Gasteiger partial charge on any atom is 0.374 e. The number of phenols is 1. The summed E-state index contributed by atoms with van der Waals surface area (Å²) in [5.74, 6) is -5.34. The molecule has 0 atom stereocenters. The summed E-state index contributed by atoms with van der Waals surface area (Å²) in [4.78, 5) is 10.5. The molecule has 2 aromatic rings. The van der Waals surface area contributed by atoms with Crippen molar-refractivity contribution >= 4 is 5.97 Å². The molecule has 0 amide bonds. The monoisotopic (exact) mass is 241 g/mol. The third-order valence-corrected chi connectivity index (χ3v) is 2.06. The van der Waals surface area contributed by atoms with E-state index in [1.165, 1.54) is 0 Å². The zero-order valence-electron chi connectivity index (χ0n) is 8.15. The van der Waals surface area contributed by atoms with E-state index in [2.05, 4.69) is 9.68 Å². The third kappa shape index (κ3) is 1.82. The second-order valence-corrected chi connectivity index (χ2v) is 3.14. The fraction of sp³-hybridized carbons (Fsp3) is 0. The minimum atomic E-state index is -1.37. The van der Waals surface area contributed by atoms with Crippen molar-refractivity contribution < 1.29 is 28.3 Å². The normalized spacial score (nSPS) is 10.5. The van der Waals surface area contributed by atoms with Gasteiger partial charge in [0.15, 0.2) is 17.4 Å². The van der Waals surface area contributed by atoms with Gasteiger partial charge < -0.3 is 14.7 Å². The standard InChI is InChI=1S/C10H5F2NO4/c11-5-2-1-4(8(12)9(5)14)6-3-7(10(15)16)17-13-6/h1-3,14H,(H,15,16). The van der Waals surface area contributed by atoms with Crippen LogP contribution in [0.15, 0.2) is 22.7 Å². The van der Waals surface area contributed by atoms with Crippen molar-refractivity contribution in [1.82, 2.24) is 5.16 Å². The highest BCUT2D eigenvalue weighted by Gasteiger charge is 2.18. The third-order valence-electron chi connectivity index (χ3n) is 2.06. The minimum Gasteiger partial charge on any atom is -0.503 e. The lowest BCUT2D eigenvalue weighted by molar-refractivity contribution is 0.0652.